The van der Waals surface area contributed by atoms with Crippen LogP contribution >= 0.6 is 11.6 Å². The van der Waals surface area contributed by atoms with Crippen LogP contribution < -0.4 is 10.6 Å². The van der Waals surface area contributed by atoms with Crippen LogP contribution in [0.4, 0.5) is 10.1 Å². The fourth-order valence-corrected chi connectivity index (χ4v) is 4.51. The molecule has 1 aliphatic rings. The van der Waals surface area contributed by atoms with Crippen LogP contribution in [-0.2, 0) is 15.0 Å². The minimum atomic E-state index is -0.619. The molecule has 1 heterocycles. The Morgan fingerprint density at radius 1 is 1.11 bits per heavy atom. The van der Waals surface area contributed by atoms with E-state index in [1.54, 1.807) is 19.9 Å². The maximum Gasteiger partial charge on any atom is 0.230 e. The smallest absolute Gasteiger partial charge is 0.230 e. The van der Waals surface area contributed by atoms with Crippen molar-refractivity contribution in [3.8, 4) is 0 Å². The average molecular weight is 502 g/mol. The van der Waals surface area contributed by atoms with E-state index in [1.165, 1.54) is 6.07 Å². The van der Waals surface area contributed by atoms with Crippen molar-refractivity contribution in [2.24, 2.45) is 5.92 Å². The summed E-state index contributed by atoms with van der Waals surface area (Å²) in [7, 11) is 0. The van der Waals surface area contributed by atoms with Crippen molar-refractivity contribution in [1.29, 1.82) is 0 Å². The summed E-state index contributed by atoms with van der Waals surface area (Å²) in [6.45, 7) is 10.9. The number of hydrogen-bond acceptors (Lipinski definition) is 3. The Bertz CT molecular complexity index is 1020. The normalized spacial score (nSPS) is 15.3. The molecule has 7 heteroatoms. The van der Waals surface area contributed by atoms with E-state index >= 15 is 0 Å². The largest absolute Gasteiger partial charge is 0.355 e. The number of halogens is 2. The summed E-state index contributed by atoms with van der Waals surface area (Å²) in [5.74, 6) is -0.424. The molecule has 0 aromatic heterocycles. The first-order valence-corrected chi connectivity index (χ1v) is 12.8. The van der Waals surface area contributed by atoms with Gasteiger partial charge in [-0.25, -0.2) is 4.39 Å². The zero-order chi connectivity index (χ0) is 25.6. The molecule has 1 saturated heterocycles. The van der Waals surface area contributed by atoms with Gasteiger partial charge in [0.05, 0.1) is 11.1 Å². The summed E-state index contributed by atoms with van der Waals surface area (Å²) in [4.78, 5) is 27.1. The molecule has 2 N–H and O–H groups in total. The van der Waals surface area contributed by atoms with E-state index in [9.17, 15) is 14.0 Å². The third kappa shape index (κ3) is 7.28. The number of rotatable bonds is 9. The van der Waals surface area contributed by atoms with Gasteiger partial charge in [0.25, 0.3) is 0 Å². The number of carbonyl (C=O) groups excluding carboxylic acids is 2. The zero-order valence-corrected chi connectivity index (χ0v) is 21.9. The van der Waals surface area contributed by atoms with Gasteiger partial charge >= 0.3 is 0 Å². The van der Waals surface area contributed by atoms with Crippen LogP contribution in [0.5, 0.6) is 0 Å². The van der Waals surface area contributed by atoms with Gasteiger partial charge in [0, 0.05) is 17.5 Å². The van der Waals surface area contributed by atoms with Crippen LogP contribution in [0.3, 0.4) is 0 Å². The number of hydrogen-bond donors (Lipinski definition) is 2. The summed E-state index contributed by atoms with van der Waals surface area (Å²) in [5, 5.41) is 6.44. The minimum Gasteiger partial charge on any atom is -0.355 e. The van der Waals surface area contributed by atoms with Crippen LogP contribution in [0, 0.1) is 11.7 Å². The van der Waals surface area contributed by atoms with Crippen molar-refractivity contribution in [2.45, 2.75) is 58.3 Å². The van der Waals surface area contributed by atoms with E-state index in [2.05, 4.69) is 15.5 Å². The molecule has 3 rings (SSSR count). The highest BCUT2D eigenvalue weighted by molar-refractivity contribution is 6.30. The summed E-state index contributed by atoms with van der Waals surface area (Å²) in [6, 6.07) is 12.5. The number of piperidine rings is 1. The summed E-state index contributed by atoms with van der Waals surface area (Å²) >= 11 is 5.97. The van der Waals surface area contributed by atoms with Gasteiger partial charge < -0.3 is 15.5 Å². The van der Waals surface area contributed by atoms with Gasteiger partial charge in [-0.15, -0.1) is 0 Å². The molecule has 2 amide bonds. The first kappa shape index (κ1) is 27.2. The summed E-state index contributed by atoms with van der Waals surface area (Å²) in [6.07, 6.45) is 2.85. The standard InChI is InChI=1S/C28H37ClFN3O2/c1-19(2)26(34)32-25-18-21(6-11-24(25)30)20-12-16-33(17-13-20)15-5-14-31-27(35)28(3,4)22-7-9-23(29)10-8-22/h6-11,18-20H,5,12-17H2,1-4H3,(H,31,35)(H,32,34). The lowest BCUT2D eigenvalue weighted by atomic mass is 9.84. The van der Waals surface area contributed by atoms with E-state index in [4.69, 9.17) is 11.6 Å². The van der Waals surface area contributed by atoms with Crippen LogP contribution in [0.25, 0.3) is 0 Å². The lowest BCUT2D eigenvalue weighted by Gasteiger charge is -2.32. The molecule has 2 aromatic rings. The highest BCUT2D eigenvalue weighted by atomic mass is 35.5. The third-order valence-corrected chi connectivity index (χ3v) is 7.15. The molecule has 35 heavy (non-hydrogen) atoms. The van der Waals surface area contributed by atoms with Crippen LogP contribution in [-0.4, -0.2) is 42.9 Å². The minimum absolute atomic E-state index is 0.00945. The van der Waals surface area contributed by atoms with E-state index in [0.29, 0.717) is 17.5 Å². The Kier molecular flexibility index (Phi) is 9.31. The van der Waals surface area contributed by atoms with Crippen LogP contribution in [0.15, 0.2) is 42.5 Å². The molecule has 0 bridgehead atoms. The van der Waals surface area contributed by atoms with E-state index < -0.39 is 11.2 Å². The number of nitrogens with one attached hydrogen (secondary N) is 2. The van der Waals surface area contributed by atoms with Crippen molar-refractivity contribution in [2.75, 3.05) is 31.5 Å². The summed E-state index contributed by atoms with van der Waals surface area (Å²) in [5.41, 5.74) is 1.66. The van der Waals surface area contributed by atoms with Crippen LogP contribution in [0.1, 0.15) is 64.0 Å². The Labute approximate surface area is 213 Å². The highest BCUT2D eigenvalue weighted by Crippen LogP contribution is 2.31. The fraction of sp³-hybridized carbons (Fsp3) is 0.500. The zero-order valence-electron chi connectivity index (χ0n) is 21.2. The molecule has 0 aliphatic carbocycles. The first-order chi connectivity index (χ1) is 16.6. The fourth-order valence-electron chi connectivity index (χ4n) is 4.38. The quantitative estimate of drug-likeness (QED) is 0.431. The van der Waals surface area contributed by atoms with E-state index in [1.807, 2.05) is 44.2 Å². The summed E-state index contributed by atoms with van der Waals surface area (Å²) < 4.78 is 14.2. The van der Waals surface area contributed by atoms with Crippen molar-refractivity contribution in [1.82, 2.24) is 10.2 Å². The second-order valence-corrected chi connectivity index (χ2v) is 10.7. The van der Waals surface area contributed by atoms with Gasteiger partial charge in [-0.05, 0) is 94.1 Å². The van der Waals surface area contributed by atoms with Crippen LogP contribution in [0.2, 0.25) is 5.02 Å². The molecule has 1 fully saturated rings. The number of benzene rings is 2. The molecule has 190 valence electrons. The van der Waals surface area contributed by atoms with Gasteiger partial charge in [-0.1, -0.05) is 43.6 Å². The Morgan fingerprint density at radius 2 is 1.77 bits per heavy atom. The molecule has 0 saturated carbocycles. The molecular formula is C28H37ClFN3O2. The van der Waals surface area contributed by atoms with Gasteiger partial charge in [0.1, 0.15) is 5.82 Å². The molecule has 2 aromatic carbocycles. The predicted molar refractivity (Wildman–Crippen MR) is 140 cm³/mol. The number of nitrogens with zero attached hydrogens (tertiary/aromatic N) is 1. The monoisotopic (exact) mass is 501 g/mol. The third-order valence-electron chi connectivity index (χ3n) is 6.90. The first-order valence-electron chi connectivity index (χ1n) is 12.4. The maximum absolute atomic E-state index is 14.2. The Hall–Kier alpha value is -2.44. The van der Waals surface area contributed by atoms with Crippen molar-refractivity contribution >= 4 is 29.1 Å². The Morgan fingerprint density at radius 3 is 2.40 bits per heavy atom. The lowest BCUT2D eigenvalue weighted by Crippen LogP contribution is -2.41. The van der Waals surface area contributed by atoms with Gasteiger partial charge in [-0.3, -0.25) is 9.59 Å². The molecule has 0 radical (unpaired) electrons. The number of carbonyl (C=O) groups is 2. The molecule has 5 nitrogen and oxygen atoms in total. The van der Waals surface area contributed by atoms with Crippen molar-refractivity contribution in [3.05, 3.63) is 64.4 Å². The van der Waals surface area contributed by atoms with Gasteiger partial charge in [-0.2, -0.15) is 0 Å². The molecule has 0 spiro atoms. The number of anilines is 1. The molecular weight excluding hydrogens is 465 g/mol. The van der Waals surface area contributed by atoms with Crippen molar-refractivity contribution in [3.63, 3.8) is 0 Å². The van der Waals surface area contributed by atoms with E-state index in [-0.39, 0.29) is 23.4 Å². The average Bonchev–Trinajstić information content (AvgIpc) is 2.83. The Balaban J connectivity index is 1.43. The van der Waals surface area contributed by atoms with E-state index in [0.717, 1.165) is 50.0 Å². The number of likely N-dealkylation sites (tertiary alicyclic amines) is 1. The molecule has 0 atom stereocenters. The van der Waals surface area contributed by atoms with Gasteiger partial charge in [0.15, 0.2) is 0 Å². The predicted octanol–water partition coefficient (Wildman–Crippen LogP) is 5.74. The maximum atomic E-state index is 14.2. The number of amides is 2. The van der Waals surface area contributed by atoms with Gasteiger partial charge in [0.2, 0.25) is 11.8 Å². The second-order valence-electron chi connectivity index (χ2n) is 10.2. The second kappa shape index (κ2) is 12.0. The molecule has 1 aliphatic heterocycles. The highest BCUT2D eigenvalue weighted by Gasteiger charge is 2.29. The van der Waals surface area contributed by atoms with Crippen molar-refractivity contribution < 1.29 is 14.0 Å². The molecule has 0 unspecified atom stereocenters. The topological polar surface area (TPSA) is 61.4 Å². The SMILES string of the molecule is CC(C)C(=O)Nc1cc(C2CCN(CCCNC(=O)C(C)(C)c3ccc(Cl)cc3)CC2)ccc1F. The lowest BCUT2D eigenvalue weighted by molar-refractivity contribution is -0.125.